The fourth-order valence-corrected chi connectivity index (χ4v) is 1.42. The Morgan fingerprint density at radius 2 is 1.89 bits per heavy atom. The average molecular weight is 287 g/mol. The van der Waals surface area contributed by atoms with Crippen LogP contribution in [-0.4, -0.2) is 25.0 Å². The van der Waals surface area contributed by atoms with Crippen LogP contribution in [0.5, 0.6) is 0 Å². The zero-order valence-corrected chi connectivity index (χ0v) is 11.7. The number of hydrogen-bond donors (Lipinski definition) is 2. The molecule has 106 valence electrons. The Bertz CT molecular complexity index is 407. The number of amides is 1. The van der Waals surface area contributed by atoms with E-state index in [1.807, 2.05) is 0 Å². The normalized spacial score (nSPS) is 9.32. The predicted octanol–water partition coefficient (Wildman–Crippen LogP) is 1.30. The number of nitrogens with one attached hydrogen (secondary N) is 1. The molecule has 1 rings (SSSR count). The van der Waals surface area contributed by atoms with Crippen molar-refractivity contribution in [3.63, 3.8) is 0 Å². The summed E-state index contributed by atoms with van der Waals surface area (Å²) in [7, 11) is 0. The minimum absolute atomic E-state index is 0. The van der Waals surface area contributed by atoms with Gasteiger partial charge in [-0.25, -0.2) is 0 Å². The first-order chi connectivity index (χ1) is 8.61. The maximum absolute atomic E-state index is 11.5. The van der Waals surface area contributed by atoms with Crippen molar-refractivity contribution >= 4 is 30.0 Å². The van der Waals surface area contributed by atoms with E-state index in [0.717, 1.165) is 5.56 Å². The van der Waals surface area contributed by atoms with Crippen LogP contribution in [0.1, 0.15) is 18.9 Å². The molecule has 1 aromatic rings. The monoisotopic (exact) mass is 286 g/mol. The van der Waals surface area contributed by atoms with Gasteiger partial charge in [-0.1, -0.05) is 12.1 Å². The Hall–Kier alpha value is -1.75. The van der Waals surface area contributed by atoms with Gasteiger partial charge in [0, 0.05) is 12.2 Å². The Kier molecular flexibility index (Phi) is 8.37. The van der Waals surface area contributed by atoms with Crippen molar-refractivity contribution in [3.05, 3.63) is 29.8 Å². The molecule has 0 bridgehead atoms. The van der Waals surface area contributed by atoms with E-state index in [9.17, 15) is 9.59 Å². The summed E-state index contributed by atoms with van der Waals surface area (Å²) < 4.78 is 4.75. The summed E-state index contributed by atoms with van der Waals surface area (Å²) in [6, 6.07) is 7.11. The number of esters is 1. The minimum atomic E-state index is -0.301. The van der Waals surface area contributed by atoms with Crippen molar-refractivity contribution in [1.29, 1.82) is 0 Å². The van der Waals surface area contributed by atoms with Crippen LogP contribution in [0.3, 0.4) is 0 Å². The quantitative estimate of drug-likeness (QED) is 0.610. The molecule has 19 heavy (non-hydrogen) atoms. The molecule has 0 saturated carbocycles. The molecule has 0 unspecified atom stereocenters. The molecule has 0 radical (unpaired) electrons. The molecule has 0 aromatic heterocycles. The summed E-state index contributed by atoms with van der Waals surface area (Å²) in [5, 5.41) is 2.66. The zero-order valence-electron chi connectivity index (χ0n) is 10.8. The van der Waals surface area contributed by atoms with Gasteiger partial charge in [0.1, 0.15) is 0 Å². The highest BCUT2D eigenvalue weighted by molar-refractivity contribution is 5.85. The van der Waals surface area contributed by atoms with E-state index in [4.69, 9.17) is 10.5 Å². The lowest BCUT2D eigenvalue weighted by Gasteiger charge is -2.05. The lowest BCUT2D eigenvalue weighted by molar-refractivity contribution is -0.143. The van der Waals surface area contributed by atoms with Gasteiger partial charge in [-0.05, 0) is 24.6 Å². The van der Waals surface area contributed by atoms with Crippen LogP contribution < -0.4 is 11.1 Å². The average Bonchev–Trinajstić information content (AvgIpc) is 2.32. The molecule has 0 aliphatic heterocycles. The van der Waals surface area contributed by atoms with Crippen molar-refractivity contribution in [2.45, 2.75) is 19.8 Å². The number of halogens is 1. The molecule has 0 aliphatic carbocycles. The van der Waals surface area contributed by atoms with E-state index in [1.165, 1.54) is 0 Å². The van der Waals surface area contributed by atoms with Gasteiger partial charge in [0.2, 0.25) is 5.91 Å². The van der Waals surface area contributed by atoms with Gasteiger partial charge in [0.25, 0.3) is 0 Å². The first kappa shape index (κ1) is 17.2. The third kappa shape index (κ3) is 7.31. The van der Waals surface area contributed by atoms with Crippen LogP contribution in [0.25, 0.3) is 0 Å². The highest BCUT2D eigenvalue weighted by atomic mass is 35.5. The maximum Gasteiger partial charge on any atom is 0.307 e. The molecule has 0 heterocycles. The number of nitrogens with two attached hydrogens (primary N) is 1. The highest BCUT2D eigenvalue weighted by Gasteiger charge is 2.05. The van der Waals surface area contributed by atoms with E-state index in [-0.39, 0.29) is 37.1 Å². The third-order valence-electron chi connectivity index (χ3n) is 2.30. The molecule has 6 heteroatoms. The van der Waals surface area contributed by atoms with E-state index >= 15 is 0 Å². The van der Waals surface area contributed by atoms with E-state index in [0.29, 0.717) is 18.8 Å². The molecule has 3 N–H and O–H groups in total. The van der Waals surface area contributed by atoms with Crippen molar-refractivity contribution in [1.82, 2.24) is 5.32 Å². The minimum Gasteiger partial charge on any atom is -0.466 e. The Labute approximate surface area is 118 Å². The van der Waals surface area contributed by atoms with Crippen LogP contribution in [-0.2, 0) is 20.7 Å². The van der Waals surface area contributed by atoms with E-state index < -0.39 is 0 Å². The summed E-state index contributed by atoms with van der Waals surface area (Å²) in [6.45, 7) is 2.41. The summed E-state index contributed by atoms with van der Waals surface area (Å²) >= 11 is 0. The Balaban J connectivity index is 0.00000324. The topological polar surface area (TPSA) is 81.4 Å². The molecule has 0 atom stereocenters. The fraction of sp³-hybridized carbons (Fsp3) is 0.385. The summed E-state index contributed by atoms with van der Waals surface area (Å²) in [6.07, 6.45) is 0.477. The number of ether oxygens (including phenoxy) is 1. The lowest BCUT2D eigenvalue weighted by atomic mass is 10.1. The molecule has 0 spiro atoms. The molecule has 0 fully saturated rings. The molecular formula is C13H19ClN2O3. The largest absolute Gasteiger partial charge is 0.466 e. The second-order valence-corrected chi connectivity index (χ2v) is 3.82. The van der Waals surface area contributed by atoms with Gasteiger partial charge in [0.05, 0.1) is 19.4 Å². The SMILES string of the molecule is CCOC(=O)CCNC(=O)Cc1ccc(N)cc1.Cl. The van der Waals surface area contributed by atoms with Gasteiger partial charge in [-0.3, -0.25) is 9.59 Å². The molecule has 5 nitrogen and oxygen atoms in total. The van der Waals surface area contributed by atoms with E-state index in [1.54, 1.807) is 31.2 Å². The van der Waals surface area contributed by atoms with Crippen LogP contribution in [0, 0.1) is 0 Å². The third-order valence-corrected chi connectivity index (χ3v) is 2.30. The summed E-state index contributed by atoms with van der Waals surface area (Å²) in [5.41, 5.74) is 7.10. The second-order valence-electron chi connectivity index (χ2n) is 3.82. The van der Waals surface area contributed by atoms with Crippen LogP contribution in [0.2, 0.25) is 0 Å². The van der Waals surface area contributed by atoms with Crippen molar-refractivity contribution in [2.24, 2.45) is 0 Å². The Morgan fingerprint density at radius 3 is 2.47 bits per heavy atom. The highest BCUT2D eigenvalue weighted by Crippen LogP contribution is 2.05. The molecule has 0 aliphatic rings. The number of nitrogen functional groups attached to an aromatic ring is 1. The summed E-state index contributed by atoms with van der Waals surface area (Å²) in [5.74, 6) is -0.422. The standard InChI is InChI=1S/C13H18N2O3.ClH/c1-2-18-13(17)7-8-15-12(16)9-10-3-5-11(14)6-4-10;/h3-6H,2,7-9,14H2,1H3,(H,15,16);1H. The van der Waals surface area contributed by atoms with Crippen LogP contribution >= 0.6 is 12.4 Å². The number of rotatable bonds is 6. The number of benzene rings is 1. The lowest BCUT2D eigenvalue weighted by Crippen LogP contribution is -2.27. The van der Waals surface area contributed by atoms with E-state index in [2.05, 4.69) is 5.32 Å². The van der Waals surface area contributed by atoms with Gasteiger partial charge in [-0.2, -0.15) is 0 Å². The van der Waals surface area contributed by atoms with Crippen molar-refractivity contribution in [2.75, 3.05) is 18.9 Å². The molecule has 1 aromatic carbocycles. The first-order valence-corrected chi connectivity index (χ1v) is 5.88. The number of hydrogen-bond acceptors (Lipinski definition) is 4. The Morgan fingerprint density at radius 1 is 1.26 bits per heavy atom. The molecule has 0 saturated heterocycles. The van der Waals surface area contributed by atoms with Crippen molar-refractivity contribution < 1.29 is 14.3 Å². The number of carbonyl (C=O) groups excluding carboxylic acids is 2. The first-order valence-electron chi connectivity index (χ1n) is 5.88. The fourth-order valence-electron chi connectivity index (χ4n) is 1.42. The van der Waals surface area contributed by atoms with Gasteiger partial charge < -0.3 is 15.8 Å². The van der Waals surface area contributed by atoms with Crippen LogP contribution in [0.15, 0.2) is 24.3 Å². The number of carbonyl (C=O) groups is 2. The van der Waals surface area contributed by atoms with Gasteiger partial charge in [0.15, 0.2) is 0 Å². The maximum atomic E-state index is 11.5. The van der Waals surface area contributed by atoms with Crippen LogP contribution in [0.4, 0.5) is 5.69 Å². The second kappa shape index (κ2) is 9.22. The van der Waals surface area contributed by atoms with Crippen molar-refractivity contribution in [3.8, 4) is 0 Å². The summed E-state index contributed by atoms with van der Waals surface area (Å²) in [4.78, 5) is 22.6. The smallest absolute Gasteiger partial charge is 0.307 e. The predicted molar refractivity (Wildman–Crippen MR) is 76.1 cm³/mol. The molecule has 1 amide bonds. The zero-order chi connectivity index (χ0) is 13.4. The van der Waals surface area contributed by atoms with Gasteiger partial charge in [-0.15, -0.1) is 12.4 Å². The molecular weight excluding hydrogens is 268 g/mol. The number of anilines is 1. The van der Waals surface area contributed by atoms with Gasteiger partial charge >= 0.3 is 5.97 Å².